The SMILES string of the molecule is CC1=CC(O)C(c2c(O)cc3oc4cc(O)c(O)cc4c(=O)c3c2O)OC1CO. The third kappa shape index (κ3) is 2.87. The lowest BCUT2D eigenvalue weighted by Crippen LogP contribution is -2.33. The van der Waals surface area contributed by atoms with Crippen LogP contribution in [0, 0.1) is 0 Å². The van der Waals surface area contributed by atoms with E-state index < -0.39 is 46.7 Å². The van der Waals surface area contributed by atoms with Gasteiger partial charge < -0.3 is 39.8 Å². The molecule has 2 aromatic carbocycles. The topological polar surface area (TPSA) is 161 Å². The molecule has 0 radical (unpaired) electrons. The van der Waals surface area contributed by atoms with Gasteiger partial charge in [0.05, 0.1) is 17.6 Å². The number of aromatic hydroxyl groups is 4. The highest BCUT2D eigenvalue weighted by atomic mass is 16.5. The van der Waals surface area contributed by atoms with Crippen molar-refractivity contribution in [3.8, 4) is 23.0 Å². The van der Waals surface area contributed by atoms with Gasteiger partial charge in [-0.15, -0.1) is 0 Å². The van der Waals surface area contributed by atoms with E-state index in [4.69, 9.17) is 9.15 Å². The summed E-state index contributed by atoms with van der Waals surface area (Å²) in [5, 5.41) is 60.0. The van der Waals surface area contributed by atoms with Crippen molar-refractivity contribution in [3.05, 3.63) is 45.6 Å². The molecule has 1 aliphatic rings. The summed E-state index contributed by atoms with van der Waals surface area (Å²) in [6.45, 7) is 1.28. The van der Waals surface area contributed by atoms with Crippen molar-refractivity contribution in [2.75, 3.05) is 6.61 Å². The Hall–Kier alpha value is -3.27. The van der Waals surface area contributed by atoms with E-state index in [1.807, 2.05) is 0 Å². The Bertz CT molecular complexity index is 1220. The summed E-state index contributed by atoms with van der Waals surface area (Å²) in [7, 11) is 0. The number of aliphatic hydroxyl groups excluding tert-OH is 2. The first-order chi connectivity index (χ1) is 13.7. The number of hydrogen-bond acceptors (Lipinski definition) is 9. The molecule has 1 aliphatic heterocycles. The average molecular weight is 402 g/mol. The molecule has 9 heteroatoms. The highest BCUT2D eigenvalue weighted by molar-refractivity contribution is 5.96. The Labute approximate surface area is 162 Å². The minimum absolute atomic E-state index is 0.0581. The van der Waals surface area contributed by atoms with Crippen LogP contribution < -0.4 is 5.43 Å². The van der Waals surface area contributed by atoms with Crippen LogP contribution in [0.4, 0.5) is 0 Å². The van der Waals surface area contributed by atoms with E-state index in [9.17, 15) is 35.4 Å². The van der Waals surface area contributed by atoms with Crippen molar-refractivity contribution in [1.29, 1.82) is 0 Å². The average Bonchev–Trinajstić information content (AvgIpc) is 2.65. The first-order valence-electron chi connectivity index (χ1n) is 8.73. The third-order valence-corrected chi connectivity index (χ3v) is 5.06. The van der Waals surface area contributed by atoms with Gasteiger partial charge in [0.2, 0.25) is 5.43 Å². The molecule has 0 bridgehead atoms. The van der Waals surface area contributed by atoms with Crippen molar-refractivity contribution < 1.29 is 39.8 Å². The Morgan fingerprint density at radius 1 is 1.00 bits per heavy atom. The second-order valence-corrected chi connectivity index (χ2v) is 6.93. The van der Waals surface area contributed by atoms with E-state index in [1.54, 1.807) is 6.92 Å². The van der Waals surface area contributed by atoms with Crippen molar-refractivity contribution in [2.24, 2.45) is 0 Å². The summed E-state index contributed by atoms with van der Waals surface area (Å²) in [5.41, 5.74) is -0.594. The predicted molar refractivity (Wildman–Crippen MR) is 101 cm³/mol. The summed E-state index contributed by atoms with van der Waals surface area (Å²) in [6.07, 6.45) is -1.82. The van der Waals surface area contributed by atoms with Crippen LogP contribution in [-0.4, -0.2) is 49.5 Å². The van der Waals surface area contributed by atoms with Crippen LogP contribution in [0.15, 0.2) is 39.1 Å². The summed E-state index contributed by atoms with van der Waals surface area (Å²) in [5.74, 6) is -2.19. The van der Waals surface area contributed by atoms with E-state index in [0.717, 1.165) is 18.2 Å². The summed E-state index contributed by atoms with van der Waals surface area (Å²) in [4.78, 5) is 12.9. The molecule has 3 atom stereocenters. The van der Waals surface area contributed by atoms with E-state index in [1.165, 1.54) is 6.08 Å². The van der Waals surface area contributed by atoms with Gasteiger partial charge in [-0.1, -0.05) is 6.08 Å². The lowest BCUT2D eigenvalue weighted by Gasteiger charge is -2.32. The minimum atomic E-state index is -1.25. The van der Waals surface area contributed by atoms with Crippen LogP contribution in [-0.2, 0) is 4.74 Å². The van der Waals surface area contributed by atoms with Gasteiger partial charge in [-0.2, -0.15) is 0 Å². The molecular formula is C20H18O9. The number of aliphatic hydroxyl groups is 2. The zero-order valence-electron chi connectivity index (χ0n) is 15.2. The molecule has 3 unspecified atom stereocenters. The fourth-order valence-corrected chi connectivity index (χ4v) is 3.55. The molecule has 0 spiro atoms. The number of rotatable bonds is 2. The molecule has 9 nitrogen and oxygen atoms in total. The molecule has 0 fully saturated rings. The third-order valence-electron chi connectivity index (χ3n) is 5.06. The molecule has 0 amide bonds. The summed E-state index contributed by atoms with van der Waals surface area (Å²) < 4.78 is 11.1. The number of benzene rings is 2. The predicted octanol–water partition coefficient (Wildman–Crippen LogP) is 1.51. The van der Waals surface area contributed by atoms with E-state index in [-0.39, 0.29) is 34.1 Å². The first kappa shape index (κ1) is 19.1. The van der Waals surface area contributed by atoms with E-state index in [0.29, 0.717) is 5.57 Å². The van der Waals surface area contributed by atoms with Gasteiger partial charge in [-0.3, -0.25) is 4.79 Å². The van der Waals surface area contributed by atoms with Gasteiger partial charge in [-0.05, 0) is 18.6 Å². The highest BCUT2D eigenvalue weighted by Crippen LogP contribution is 2.44. The maximum atomic E-state index is 12.9. The van der Waals surface area contributed by atoms with E-state index >= 15 is 0 Å². The maximum Gasteiger partial charge on any atom is 0.204 e. The Morgan fingerprint density at radius 3 is 2.34 bits per heavy atom. The van der Waals surface area contributed by atoms with Gasteiger partial charge in [0.1, 0.15) is 46.4 Å². The van der Waals surface area contributed by atoms with Gasteiger partial charge in [-0.25, -0.2) is 0 Å². The van der Waals surface area contributed by atoms with E-state index in [2.05, 4.69) is 0 Å². The molecule has 0 saturated carbocycles. The van der Waals surface area contributed by atoms with Crippen LogP contribution in [0.5, 0.6) is 23.0 Å². The lowest BCUT2D eigenvalue weighted by molar-refractivity contribution is -0.0807. The fourth-order valence-electron chi connectivity index (χ4n) is 3.55. The molecule has 6 N–H and O–H groups in total. The molecule has 152 valence electrons. The smallest absolute Gasteiger partial charge is 0.204 e. The van der Waals surface area contributed by atoms with Crippen LogP contribution in [0.25, 0.3) is 21.9 Å². The lowest BCUT2D eigenvalue weighted by atomic mass is 9.94. The number of hydrogen-bond donors (Lipinski definition) is 6. The second kappa shape index (κ2) is 6.66. The summed E-state index contributed by atoms with van der Waals surface area (Å²) in [6, 6.07) is 3.13. The van der Waals surface area contributed by atoms with Crippen LogP contribution in [0.2, 0.25) is 0 Å². The number of phenols is 4. The second-order valence-electron chi connectivity index (χ2n) is 6.93. The number of phenolic OH excluding ortho intramolecular Hbond substituents is 4. The molecular weight excluding hydrogens is 384 g/mol. The van der Waals surface area contributed by atoms with Crippen LogP contribution in [0.1, 0.15) is 18.6 Å². The molecule has 0 saturated heterocycles. The molecule has 4 rings (SSSR count). The zero-order valence-corrected chi connectivity index (χ0v) is 15.2. The highest BCUT2D eigenvalue weighted by Gasteiger charge is 2.35. The molecule has 2 heterocycles. The molecule has 1 aromatic heterocycles. The van der Waals surface area contributed by atoms with Gasteiger partial charge in [0.15, 0.2) is 11.5 Å². The molecule has 29 heavy (non-hydrogen) atoms. The Kier molecular flexibility index (Phi) is 4.38. The quantitative estimate of drug-likeness (QED) is 0.212. The van der Waals surface area contributed by atoms with Gasteiger partial charge >= 0.3 is 0 Å². The van der Waals surface area contributed by atoms with Crippen molar-refractivity contribution in [1.82, 2.24) is 0 Å². The van der Waals surface area contributed by atoms with Gasteiger partial charge in [0.25, 0.3) is 0 Å². The monoisotopic (exact) mass is 402 g/mol. The Morgan fingerprint density at radius 2 is 1.66 bits per heavy atom. The van der Waals surface area contributed by atoms with Crippen molar-refractivity contribution in [3.63, 3.8) is 0 Å². The zero-order chi connectivity index (χ0) is 21.0. The molecule has 0 aliphatic carbocycles. The Balaban J connectivity index is 2.00. The fraction of sp³-hybridized carbons (Fsp3) is 0.250. The normalized spacial score (nSPS) is 22.2. The molecule has 3 aromatic rings. The van der Waals surface area contributed by atoms with Crippen LogP contribution in [0.3, 0.4) is 0 Å². The van der Waals surface area contributed by atoms with Gasteiger partial charge in [0, 0.05) is 12.1 Å². The number of ether oxygens (including phenoxy) is 1. The minimum Gasteiger partial charge on any atom is -0.507 e. The number of fused-ring (bicyclic) bond motifs is 2. The van der Waals surface area contributed by atoms with Crippen LogP contribution >= 0.6 is 0 Å². The van der Waals surface area contributed by atoms with Crippen molar-refractivity contribution in [2.45, 2.75) is 25.2 Å². The first-order valence-corrected chi connectivity index (χ1v) is 8.73. The standard InChI is InChI=1S/C20H18O9/c1-7-2-12(25)20(29-15(7)6-21)16-11(24)5-14-17(19(16)27)18(26)8-3-9(22)10(23)4-13(8)28-14/h2-5,12,15,20-25,27H,6H2,1H3. The largest absolute Gasteiger partial charge is 0.507 e. The maximum absolute atomic E-state index is 12.9. The van der Waals surface area contributed by atoms with Crippen molar-refractivity contribution >= 4 is 21.9 Å². The summed E-state index contributed by atoms with van der Waals surface area (Å²) >= 11 is 0.